The fraction of sp³-hybridized carbons (Fsp3) is 0.125. The topological polar surface area (TPSA) is 75.7 Å². The molecule has 31 heavy (non-hydrogen) atoms. The van der Waals surface area contributed by atoms with E-state index in [9.17, 15) is 14.4 Å². The molecule has 1 aromatic heterocycles. The summed E-state index contributed by atoms with van der Waals surface area (Å²) in [6.07, 6.45) is 5.43. The largest absolute Gasteiger partial charge is 0.465 e. The first-order valence-electron chi connectivity index (χ1n) is 9.38. The summed E-state index contributed by atoms with van der Waals surface area (Å²) < 4.78 is 4.77. The van der Waals surface area contributed by atoms with Crippen molar-refractivity contribution < 1.29 is 19.1 Å². The van der Waals surface area contributed by atoms with Gasteiger partial charge in [-0.15, -0.1) is 17.8 Å². The van der Waals surface area contributed by atoms with Crippen molar-refractivity contribution in [1.29, 1.82) is 0 Å². The lowest BCUT2D eigenvalue weighted by Crippen LogP contribution is -2.43. The number of nitrogens with one attached hydrogen (secondary N) is 1. The highest BCUT2D eigenvalue weighted by molar-refractivity contribution is 7.10. The second kappa shape index (κ2) is 10.2. The molecule has 156 valence electrons. The number of ether oxygens (including phenoxy) is 1. The molecule has 3 aromatic rings. The normalized spacial score (nSPS) is 11.1. The Morgan fingerprint density at radius 2 is 1.87 bits per heavy atom. The summed E-state index contributed by atoms with van der Waals surface area (Å²) in [5.74, 6) is 0.444. The second-order valence-corrected chi connectivity index (χ2v) is 7.46. The molecule has 0 aliphatic heterocycles. The first-order chi connectivity index (χ1) is 15.0. The van der Waals surface area contributed by atoms with Crippen molar-refractivity contribution in [2.75, 3.05) is 12.0 Å². The van der Waals surface area contributed by atoms with Gasteiger partial charge in [0.1, 0.15) is 0 Å². The first kappa shape index (κ1) is 21.8. The van der Waals surface area contributed by atoms with Crippen LogP contribution in [0.15, 0.2) is 72.1 Å². The van der Waals surface area contributed by atoms with Gasteiger partial charge in [0.05, 0.1) is 12.7 Å². The Labute approximate surface area is 184 Å². The third-order valence-electron chi connectivity index (χ3n) is 4.52. The van der Waals surface area contributed by atoms with Gasteiger partial charge in [-0.2, -0.15) is 0 Å². The Morgan fingerprint density at radius 3 is 2.52 bits per heavy atom. The zero-order chi connectivity index (χ0) is 22.2. The molecule has 0 fully saturated rings. The number of esters is 1. The van der Waals surface area contributed by atoms with Gasteiger partial charge >= 0.3 is 11.9 Å². The molecule has 0 spiro atoms. The van der Waals surface area contributed by atoms with E-state index in [0.717, 1.165) is 5.56 Å². The molecule has 0 radical (unpaired) electrons. The summed E-state index contributed by atoms with van der Waals surface area (Å²) in [6.45, 7) is 0.293. The van der Waals surface area contributed by atoms with Crippen LogP contribution in [0.2, 0.25) is 0 Å². The van der Waals surface area contributed by atoms with Crippen LogP contribution in [-0.4, -0.2) is 24.9 Å². The van der Waals surface area contributed by atoms with E-state index in [0.29, 0.717) is 17.1 Å². The van der Waals surface area contributed by atoms with E-state index >= 15 is 0 Å². The Balaban J connectivity index is 2.00. The van der Waals surface area contributed by atoms with E-state index in [2.05, 4.69) is 11.2 Å². The molecule has 0 aliphatic carbocycles. The fourth-order valence-corrected chi connectivity index (χ4v) is 3.87. The zero-order valence-corrected chi connectivity index (χ0v) is 17.6. The molecule has 1 heterocycles. The molecule has 2 aromatic carbocycles. The van der Waals surface area contributed by atoms with Crippen molar-refractivity contribution in [1.82, 2.24) is 5.32 Å². The molecular formula is C24H20N2O4S. The molecule has 6 nitrogen and oxygen atoms in total. The quantitative estimate of drug-likeness (QED) is 0.458. The fourth-order valence-electron chi connectivity index (χ4n) is 3.06. The number of methoxy groups -OCH3 is 1. The number of anilines is 1. The number of nitrogens with zero attached hydrogens (tertiary/aromatic N) is 1. The minimum absolute atomic E-state index is 0.240. The molecule has 0 saturated carbocycles. The molecule has 1 N–H and O–H groups in total. The van der Waals surface area contributed by atoms with Crippen molar-refractivity contribution in [3.05, 3.63) is 88.1 Å². The monoisotopic (exact) mass is 432 g/mol. The number of carbonyl (C=O) groups excluding carboxylic acids is 3. The SMILES string of the molecule is C#CC(=O)N(c1cccc(C(=O)OC)c1)C(C(=O)NCc1ccccc1)c1cccs1. The minimum atomic E-state index is -1.000. The Bertz CT molecular complexity index is 1100. The number of terminal acetylenes is 1. The lowest BCUT2D eigenvalue weighted by atomic mass is 10.1. The number of amides is 2. The molecular weight excluding hydrogens is 412 g/mol. The highest BCUT2D eigenvalue weighted by Crippen LogP contribution is 2.31. The molecule has 7 heteroatoms. The zero-order valence-electron chi connectivity index (χ0n) is 16.8. The maximum Gasteiger partial charge on any atom is 0.337 e. The molecule has 2 amide bonds. The maximum atomic E-state index is 13.3. The van der Waals surface area contributed by atoms with Crippen LogP contribution in [0.1, 0.15) is 26.8 Å². The van der Waals surface area contributed by atoms with Gasteiger partial charge in [0.25, 0.3) is 0 Å². The van der Waals surface area contributed by atoms with Crippen LogP contribution in [0.5, 0.6) is 0 Å². The van der Waals surface area contributed by atoms with Gasteiger partial charge in [0, 0.05) is 17.1 Å². The van der Waals surface area contributed by atoms with Crippen molar-refractivity contribution in [3.8, 4) is 12.3 Å². The van der Waals surface area contributed by atoms with Crippen molar-refractivity contribution in [2.24, 2.45) is 0 Å². The third-order valence-corrected chi connectivity index (χ3v) is 5.44. The summed E-state index contributed by atoms with van der Waals surface area (Å²) in [5, 5.41) is 4.69. The van der Waals surface area contributed by atoms with E-state index in [1.807, 2.05) is 35.7 Å². The summed E-state index contributed by atoms with van der Waals surface area (Å²) in [7, 11) is 1.27. The number of hydrogen-bond donors (Lipinski definition) is 1. The van der Waals surface area contributed by atoms with Crippen LogP contribution < -0.4 is 10.2 Å². The van der Waals surface area contributed by atoms with E-state index in [1.54, 1.807) is 30.3 Å². The summed E-state index contributed by atoms with van der Waals surface area (Å²) in [4.78, 5) is 39.9. The Morgan fingerprint density at radius 1 is 1.10 bits per heavy atom. The van der Waals surface area contributed by atoms with Gasteiger partial charge in [0.15, 0.2) is 6.04 Å². The van der Waals surface area contributed by atoms with Crippen LogP contribution in [-0.2, 0) is 20.9 Å². The Kier molecular flexibility index (Phi) is 7.20. The van der Waals surface area contributed by atoms with Gasteiger partial charge in [-0.25, -0.2) is 4.79 Å². The minimum Gasteiger partial charge on any atom is -0.465 e. The number of thiophene rings is 1. The highest BCUT2D eigenvalue weighted by Gasteiger charge is 2.33. The summed E-state index contributed by atoms with van der Waals surface area (Å²) >= 11 is 1.33. The van der Waals surface area contributed by atoms with E-state index in [-0.39, 0.29) is 5.56 Å². The van der Waals surface area contributed by atoms with Crippen LogP contribution in [0, 0.1) is 12.3 Å². The smallest absolute Gasteiger partial charge is 0.337 e. The molecule has 3 rings (SSSR count). The van der Waals surface area contributed by atoms with E-state index in [4.69, 9.17) is 11.2 Å². The second-order valence-electron chi connectivity index (χ2n) is 6.48. The Hall–Kier alpha value is -3.89. The molecule has 0 bridgehead atoms. The van der Waals surface area contributed by atoms with Gasteiger partial charge in [-0.1, -0.05) is 42.5 Å². The number of hydrogen-bond acceptors (Lipinski definition) is 5. The van der Waals surface area contributed by atoms with Crippen LogP contribution in [0.3, 0.4) is 0 Å². The molecule has 1 unspecified atom stereocenters. The maximum absolute atomic E-state index is 13.3. The predicted molar refractivity (Wildman–Crippen MR) is 119 cm³/mol. The molecule has 0 saturated heterocycles. The summed E-state index contributed by atoms with van der Waals surface area (Å²) in [5.41, 5.74) is 1.48. The van der Waals surface area contributed by atoms with Crippen LogP contribution >= 0.6 is 11.3 Å². The standard InChI is InChI=1S/C24H20N2O4S/c1-3-21(27)26(19-12-7-11-18(15-19)24(29)30-2)22(20-13-8-14-31-20)23(28)25-16-17-9-5-4-6-10-17/h1,4-15,22H,16H2,2H3,(H,25,28). The average Bonchev–Trinajstić information content (AvgIpc) is 3.35. The van der Waals surface area contributed by atoms with E-state index in [1.165, 1.54) is 29.4 Å². The van der Waals surface area contributed by atoms with E-state index < -0.39 is 23.8 Å². The highest BCUT2D eigenvalue weighted by atomic mass is 32.1. The lowest BCUT2D eigenvalue weighted by molar-refractivity contribution is -0.125. The van der Waals surface area contributed by atoms with Gasteiger partial charge < -0.3 is 10.1 Å². The molecule has 1 atom stereocenters. The van der Waals surface area contributed by atoms with Crippen molar-refractivity contribution in [2.45, 2.75) is 12.6 Å². The lowest BCUT2D eigenvalue weighted by Gasteiger charge is -2.29. The average molecular weight is 433 g/mol. The number of benzene rings is 2. The predicted octanol–water partition coefficient (Wildman–Crippen LogP) is 3.56. The van der Waals surface area contributed by atoms with Crippen LogP contribution in [0.25, 0.3) is 0 Å². The van der Waals surface area contributed by atoms with Crippen LogP contribution in [0.4, 0.5) is 5.69 Å². The van der Waals surface area contributed by atoms with Gasteiger partial charge in [-0.3, -0.25) is 14.5 Å². The molecule has 0 aliphatic rings. The van der Waals surface area contributed by atoms with Crippen molar-refractivity contribution in [3.63, 3.8) is 0 Å². The van der Waals surface area contributed by atoms with Gasteiger partial charge in [0.2, 0.25) is 5.91 Å². The number of carbonyl (C=O) groups is 3. The third kappa shape index (κ3) is 5.18. The van der Waals surface area contributed by atoms with Crippen molar-refractivity contribution >= 4 is 34.8 Å². The number of rotatable bonds is 7. The first-order valence-corrected chi connectivity index (χ1v) is 10.3. The summed E-state index contributed by atoms with van der Waals surface area (Å²) in [6, 6.07) is 18.2. The van der Waals surface area contributed by atoms with Gasteiger partial charge in [-0.05, 0) is 41.1 Å².